The Hall–Kier alpha value is -6.73. The highest BCUT2D eigenvalue weighted by atomic mass is 19.1. The first-order valence-electron chi connectivity index (χ1n) is 36.1. The summed E-state index contributed by atoms with van der Waals surface area (Å²) < 4.78 is 50.0. The molecule has 4 aliphatic carbocycles. The number of hydrogen-bond donors (Lipinski definition) is 4. The molecule has 0 unspecified atom stereocenters. The van der Waals surface area contributed by atoms with E-state index in [1.165, 1.54) is 36.2 Å². The van der Waals surface area contributed by atoms with E-state index in [-0.39, 0.29) is 101 Å². The molecule has 7 aliphatic rings. The van der Waals surface area contributed by atoms with Gasteiger partial charge in [-0.25, -0.2) is 18.4 Å². The van der Waals surface area contributed by atoms with Gasteiger partial charge in [0, 0.05) is 78.1 Å². The summed E-state index contributed by atoms with van der Waals surface area (Å²) in [5.41, 5.74) is 1.22. The Kier molecular flexibility index (Phi) is 23.7. The second-order valence-electron chi connectivity index (χ2n) is 32.4. The van der Waals surface area contributed by atoms with Crippen LogP contribution < -0.4 is 10.6 Å². The average molecular weight is 1340 g/mol. The Morgan fingerprint density at radius 3 is 1.36 bits per heavy atom. The molecule has 20 heteroatoms. The molecule has 4 saturated carbocycles. The van der Waals surface area contributed by atoms with Crippen molar-refractivity contribution in [2.75, 3.05) is 19.6 Å². The fourth-order valence-electron chi connectivity index (χ4n) is 16.7. The van der Waals surface area contributed by atoms with E-state index in [0.29, 0.717) is 37.4 Å². The molecule has 7 fully saturated rings. The number of aromatic nitrogens is 2. The van der Waals surface area contributed by atoms with Gasteiger partial charge in [0.1, 0.15) is 46.1 Å². The third-order valence-electron chi connectivity index (χ3n) is 20.6. The summed E-state index contributed by atoms with van der Waals surface area (Å²) in [6.07, 6.45) is 21.9. The van der Waals surface area contributed by atoms with Crippen molar-refractivity contribution in [2.45, 2.75) is 289 Å². The number of fused-ring (bicyclic) bond motifs is 4. The number of halogens is 2. The van der Waals surface area contributed by atoms with Crippen molar-refractivity contribution in [1.29, 1.82) is 0 Å². The first-order valence-corrected chi connectivity index (χ1v) is 36.1. The molecule has 9 atom stereocenters. The van der Waals surface area contributed by atoms with Gasteiger partial charge in [0.05, 0.1) is 24.4 Å². The number of benzene rings is 2. The number of aromatic amines is 2. The van der Waals surface area contributed by atoms with E-state index in [0.717, 1.165) is 138 Å². The van der Waals surface area contributed by atoms with Gasteiger partial charge in [-0.15, -0.1) is 0 Å². The highest BCUT2D eigenvalue weighted by Crippen LogP contribution is 2.50. The van der Waals surface area contributed by atoms with E-state index in [4.69, 9.17) is 18.9 Å². The summed E-state index contributed by atoms with van der Waals surface area (Å²) in [5, 5.41) is 7.86. The topological polar surface area (TPSA) is 222 Å². The fourth-order valence-corrected chi connectivity index (χ4v) is 16.7. The van der Waals surface area contributed by atoms with Crippen molar-refractivity contribution in [1.82, 2.24) is 35.3 Å². The molecule has 3 aliphatic heterocycles. The van der Waals surface area contributed by atoms with Crippen molar-refractivity contribution in [2.24, 2.45) is 29.6 Å². The Morgan fingerprint density at radius 2 is 0.917 bits per heavy atom. The van der Waals surface area contributed by atoms with Gasteiger partial charge in [-0.3, -0.25) is 24.0 Å². The first-order chi connectivity index (χ1) is 45.3. The molecule has 4 N–H and O–H groups in total. The maximum Gasteiger partial charge on any atom is 0.408 e. The molecular weight excluding hydrogens is 1220 g/mol. The molecule has 5 amide bonds. The first kappa shape index (κ1) is 73.5. The van der Waals surface area contributed by atoms with E-state index in [2.05, 4.69) is 25.5 Å². The predicted octanol–water partition coefficient (Wildman–Crippen LogP) is 15.2. The van der Waals surface area contributed by atoms with Crippen LogP contribution in [0, 0.1) is 41.2 Å². The van der Waals surface area contributed by atoms with Crippen LogP contribution >= 0.6 is 0 Å². The summed E-state index contributed by atoms with van der Waals surface area (Å²) in [7, 11) is 0. The lowest BCUT2D eigenvalue weighted by molar-refractivity contribution is -0.160. The third-order valence-corrected chi connectivity index (χ3v) is 20.6. The normalized spacial score (nSPS) is 23.8. The fraction of sp³-hybridized carbons (Fsp3) is 0.697. The number of carbonyl (C=O) groups excluding carboxylic acids is 7. The van der Waals surface area contributed by atoms with Crippen LogP contribution in [0.25, 0.3) is 21.8 Å². The maximum absolute atomic E-state index is 14.9. The van der Waals surface area contributed by atoms with Crippen molar-refractivity contribution >= 4 is 63.7 Å². The van der Waals surface area contributed by atoms with Crippen LogP contribution in [0.1, 0.15) is 248 Å². The second-order valence-corrected chi connectivity index (χ2v) is 32.4. The van der Waals surface area contributed by atoms with Crippen LogP contribution in [-0.4, -0.2) is 139 Å². The van der Waals surface area contributed by atoms with Gasteiger partial charge >= 0.3 is 24.1 Å². The molecule has 18 nitrogen and oxygen atoms in total. The van der Waals surface area contributed by atoms with Crippen molar-refractivity contribution < 1.29 is 61.3 Å². The molecule has 0 spiro atoms. The number of nitrogens with one attached hydrogen (secondary N) is 4. The molecule has 530 valence electrons. The summed E-state index contributed by atoms with van der Waals surface area (Å²) in [5.74, 6) is -1.18. The van der Waals surface area contributed by atoms with Crippen molar-refractivity contribution in [3.05, 3.63) is 71.6 Å². The minimum absolute atomic E-state index is 0.0222. The Bertz CT molecular complexity index is 3290. The number of nitrogens with zero attached hydrogens (tertiary/aromatic N) is 3. The highest BCUT2D eigenvalue weighted by molar-refractivity contribution is 5.91. The predicted molar refractivity (Wildman–Crippen MR) is 367 cm³/mol. The molecule has 0 bridgehead atoms. The summed E-state index contributed by atoms with van der Waals surface area (Å²) >= 11 is 0. The maximum atomic E-state index is 14.9. The number of likely N-dealkylation sites (tertiary alicyclic amines) is 3. The number of esters is 2. The SMILES string of the molecule is CC(C)(C)OC(=O)C[C@H](C(=O)N1C[C@H](c2c[nH]c3cc(F)ccc23)[C@@H]2[C@H]1CCN2C(=O)[C@@H](NC(=O)OC(C)(C)C)C1CCCCC1)C1CCCCC1.CC(C)(C)OC(=O)N[C@H](C(=O)N1CC[C@H]2CC[C@H](c3c[nH]c4cc(F)ccc34)[C@H]21)C1CCCCC1.CCC(=O)OC(C)(C)C. The highest BCUT2D eigenvalue weighted by Gasteiger charge is 2.56. The molecular formula is C76H111F2N7O11. The van der Waals surface area contributed by atoms with Crippen LogP contribution in [0.5, 0.6) is 0 Å². The van der Waals surface area contributed by atoms with E-state index >= 15 is 0 Å². The average Bonchev–Trinajstić information content (AvgIpc) is 1.59. The molecule has 5 heterocycles. The Morgan fingerprint density at radius 1 is 0.490 bits per heavy atom. The largest absolute Gasteiger partial charge is 0.460 e. The van der Waals surface area contributed by atoms with Gasteiger partial charge in [-0.05, 0) is 218 Å². The standard InChI is InChI=1S/C41H59FN4O6.C28H38FN3O3.C7H14O2/c1-40(2,3)51-34(47)22-29(25-13-9-7-10-14-25)37(48)46-24-31(30-23-43-32-21-27(42)17-18-28(30)32)36-33(46)19-20-45(36)38(49)35(26-15-11-8-12-16-26)44-39(50)52-41(4,5)6;1-28(2,3)35-27(34)31-24(17-7-5-4-6-8-17)26(33)32-14-13-18-9-11-21(25(18)32)22-16-30-23-15-19(29)10-12-20(22)23;1-5-6(8)9-7(2,3)4/h17-18,21,23,25-26,29,31,33,35-36,43H,7-16,19-20,22,24H2,1-6H3,(H,44,50);10,12,15-18,21,24-25,30H,4-9,11,13-14H2,1-3H3,(H,31,34);5H2,1-4H3/t29-,31+,33+,35-,36+;18-,21-,24+,25+;/m01./s1. The lowest BCUT2D eigenvalue weighted by Gasteiger charge is -2.36. The van der Waals surface area contributed by atoms with Crippen LogP contribution in [-0.2, 0) is 42.9 Å². The summed E-state index contributed by atoms with van der Waals surface area (Å²) in [4.78, 5) is 106. The Labute approximate surface area is 567 Å². The van der Waals surface area contributed by atoms with Gasteiger partial charge in [-0.2, -0.15) is 0 Å². The lowest BCUT2D eigenvalue weighted by atomic mass is 9.77. The number of alkyl carbamates (subject to hydrolysis) is 2. The zero-order chi connectivity index (χ0) is 69.6. The zero-order valence-corrected chi connectivity index (χ0v) is 59.6. The number of amides is 5. The second kappa shape index (κ2) is 31.0. The molecule has 11 rings (SSSR count). The van der Waals surface area contributed by atoms with Crippen molar-refractivity contribution in [3.63, 3.8) is 0 Å². The molecule has 2 aromatic heterocycles. The molecule has 0 radical (unpaired) electrons. The third kappa shape index (κ3) is 18.7. The number of carbonyl (C=O) groups is 7. The van der Waals surface area contributed by atoms with E-state index in [1.807, 2.05) is 90.6 Å². The Balaban J connectivity index is 0.000000211. The monoisotopic (exact) mass is 1340 g/mol. The molecule has 3 saturated heterocycles. The van der Waals surface area contributed by atoms with Gasteiger partial charge in [0.25, 0.3) is 0 Å². The minimum Gasteiger partial charge on any atom is -0.460 e. The smallest absolute Gasteiger partial charge is 0.408 e. The van der Waals surface area contributed by atoms with Crippen molar-refractivity contribution in [3.8, 4) is 0 Å². The number of ether oxygens (including phenoxy) is 4. The van der Waals surface area contributed by atoms with E-state index in [1.54, 1.807) is 33.8 Å². The number of rotatable bonds is 13. The van der Waals surface area contributed by atoms with Crippen LogP contribution in [0.4, 0.5) is 18.4 Å². The minimum atomic E-state index is -0.751. The van der Waals surface area contributed by atoms with Gasteiger partial charge in [0.2, 0.25) is 17.7 Å². The lowest BCUT2D eigenvalue weighted by Crippen LogP contribution is -2.55. The quantitative estimate of drug-likeness (QED) is 0.0728. The van der Waals surface area contributed by atoms with Gasteiger partial charge in [-0.1, -0.05) is 64.7 Å². The van der Waals surface area contributed by atoms with Gasteiger partial charge in [0.15, 0.2) is 0 Å². The van der Waals surface area contributed by atoms with E-state index < -0.39 is 47.0 Å². The van der Waals surface area contributed by atoms with Gasteiger partial charge < -0.3 is 54.2 Å². The molecule has 4 aromatic rings. The van der Waals surface area contributed by atoms with Crippen LogP contribution in [0.3, 0.4) is 0 Å². The number of hydrogen-bond acceptors (Lipinski definition) is 11. The van der Waals surface area contributed by atoms with E-state index in [9.17, 15) is 42.3 Å². The summed E-state index contributed by atoms with van der Waals surface area (Å²) in [6.45, 7) is 25.4. The number of H-pyrrole nitrogens is 2. The molecule has 2 aromatic carbocycles. The zero-order valence-electron chi connectivity index (χ0n) is 59.6. The van der Waals surface area contributed by atoms with Crippen LogP contribution in [0.2, 0.25) is 0 Å². The van der Waals surface area contributed by atoms with Crippen LogP contribution in [0.15, 0.2) is 48.8 Å². The molecule has 96 heavy (non-hydrogen) atoms. The summed E-state index contributed by atoms with van der Waals surface area (Å²) in [6, 6.07) is 7.73.